The first kappa shape index (κ1) is 26.4. The number of nitrogen functional groups attached to an aromatic ring is 1. The van der Waals surface area contributed by atoms with Crippen LogP contribution in [0.2, 0.25) is 0 Å². The van der Waals surface area contributed by atoms with Gasteiger partial charge in [-0.3, -0.25) is 4.79 Å². The van der Waals surface area contributed by atoms with E-state index in [0.29, 0.717) is 16.8 Å². The molecule has 1 atom stereocenters. The Bertz CT molecular complexity index is 1550. The molecule has 1 aromatic heterocycles. The van der Waals surface area contributed by atoms with E-state index in [1.165, 1.54) is 6.07 Å². The van der Waals surface area contributed by atoms with Crippen molar-refractivity contribution in [2.24, 2.45) is 0 Å². The molecule has 1 aliphatic rings. The second-order valence-electron chi connectivity index (χ2n) is 10.0. The number of likely N-dealkylation sites (tertiary alicyclic amines) is 1. The molecule has 1 fully saturated rings. The number of nitrogens with two attached hydrogens (primary N) is 1. The number of amides is 1. The quantitative estimate of drug-likeness (QED) is 0.347. The summed E-state index contributed by atoms with van der Waals surface area (Å²) in [6.45, 7) is 3.62. The summed E-state index contributed by atoms with van der Waals surface area (Å²) in [4.78, 5) is 25.8. The van der Waals surface area contributed by atoms with Crippen LogP contribution < -0.4 is 16.0 Å². The number of hydrogen-bond acceptors (Lipinski definition) is 6. The van der Waals surface area contributed by atoms with E-state index in [9.17, 15) is 18.0 Å². The third kappa shape index (κ3) is 5.51. The third-order valence-electron chi connectivity index (χ3n) is 7.28. The number of carbonyl (C=O) groups is 1. The van der Waals surface area contributed by atoms with Crippen molar-refractivity contribution in [1.29, 1.82) is 0 Å². The van der Waals surface area contributed by atoms with E-state index in [1.807, 2.05) is 50.2 Å². The smallest absolute Gasteiger partial charge is 0.369 e. The first-order valence-electron chi connectivity index (χ1n) is 12.6. The van der Waals surface area contributed by atoms with Gasteiger partial charge in [0.15, 0.2) is 0 Å². The number of nitrogens with one attached hydrogen (secondary N) is 1. The lowest BCUT2D eigenvalue weighted by Crippen LogP contribution is -2.34. The summed E-state index contributed by atoms with van der Waals surface area (Å²) in [5.74, 6) is -0.310. The third-order valence-corrected chi connectivity index (χ3v) is 7.28. The molecule has 0 aliphatic carbocycles. The molecule has 1 saturated heterocycles. The van der Waals surface area contributed by atoms with Crippen LogP contribution in [0.4, 0.5) is 30.5 Å². The molecule has 0 bridgehead atoms. The molecule has 1 aliphatic heterocycles. The summed E-state index contributed by atoms with van der Waals surface area (Å²) in [5, 5.41) is 3.56. The molecule has 1 amide bonds. The summed E-state index contributed by atoms with van der Waals surface area (Å²) in [6, 6.07) is 14.5. The molecule has 0 radical (unpaired) electrons. The first-order valence-corrected chi connectivity index (χ1v) is 12.6. The molecule has 2 heterocycles. The Hall–Kier alpha value is -4.18. The Kier molecular flexibility index (Phi) is 6.90. The number of carbonyl (C=O) groups excluding carboxylic acids is 1. The van der Waals surface area contributed by atoms with Crippen molar-refractivity contribution in [2.75, 3.05) is 43.1 Å². The molecule has 3 N–H and O–H groups in total. The second kappa shape index (κ2) is 10.2. The van der Waals surface area contributed by atoms with Crippen LogP contribution in [0.3, 0.4) is 0 Å². The Balaban J connectivity index is 1.48. The number of fused-ring (bicyclic) bond motifs is 1. The molecular formula is C29H29F3N6O. The molecule has 3 aromatic carbocycles. The number of likely N-dealkylation sites (N-methyl/N-ethyl adjacent to an activating group) is 2. The molecule has 0 unspecified atom stereocenters. The van der Waals surface area contributed by atoms with E-state index < -0.39 is 17.6 Å². The molecule has 5 rings (SSSR count). The summed E-state index contributed by atoms with van der Waals surface area (Å²) >= 11 is 0. The number of halogens is 3. The SMILES string of the molecule is Cc1ccc(C(=O)Nc2cc(C(F)(F)F)ccc2N(C)[C@H]2CCN(C)C2)cc1-c1ccc2nc(N)ncc2c1. The average molecular weight is 535 g/mol. The molecule has 202 valence electrons. The van der Waals surface area contributed by atoms with Gasteiger partial charge in [0.1, 0.15) is 0 Å². The van der Waals surface area contributed by atoms with Crippen LogP contribution in [0.5, 0.6) is 0 Å². The number of benzene rings is 3. The van der Waals surface area contributed by atoms with Gasteiger partial charge in [-0.1, -0.05) is 12.1 Å². The van der Waals surface area contributed by atoms with Gasteiger partial charge >= 0.3 is 6.18 Å². The van der Waals surface area contributed by atoms with E-state index in [0.717, 1.165) is 53.7 Å². The van der Waals surface area contributed by atoms with E-state index >= 15 is 0 Å². The van der Waals surface area contributed by atoms with Crippen molar-refractivity contribution >= 4 is 34.1 Å². The highest BCUT2D eigenvalue weighted by molar-refractivity contribution is 6.07. The summed E-state index contributed by atoms with van der Waals surface area (Å²) < 4.78 is 40.7. The predicted molar refractivity (Wildman–Crippen MR) is 148 cm³/mol. The highest BCUT2D eigenvalue weighted by Gasteiger charge is 2.32. The number of nitrogens with zero attached hydrogens (tertiary/aromatic N) is 4. The minimum Gasteiger partial charge on any atom is -0.369 e. The highest BCUT2D eigenvalue weighted by Crippen LogP contribution is 2.37. The van der Waals surface area contributed by atoms with Crippen LogP contribution in [0, 0.1) is 6.92 Å². The van der Waals surface area contributed by atoms with Crippen molar-refractivity contribution < 1.29 is 18.0 Å². The first-order chi connectivity index (χ1) is 18.5. The Morgan fingerprint density at radius 2 is 1.92 bits per heavy atom. The van der Waals surface area contributed by atoms with Gasteiger partial charge in [-0.15, -0.1) is 0 Å². The summed E-state index contributed by atoms with van der Waals surface area (Å²) in [7, 11) is 3.86. The van der Waals surface area contributed by atoms with Crippen LogP contribution in [-0.2, 0) is 6.18 Å². The fourth-order valence-corrected chi connectivity index (χ4v) is 5.03. The Morgan fingerprint density at radius 3 is 2.64 bits per heavy atom. The maximum atomic E-state index is 13.6. The zero-order chi connectivity index (χ0) is 27.9. The lowest BCUT2D eigenvalue weighted by molar-refractivity contribution is -0.137. The fourth-order valence-electron chi connectivity index (χ4n) is 5.03. The Morgan fingerprint density at radius 1 is 1.13 bits per heavy atom. The van der Waals surface area contributed by atoms with Crippen LogP contribution in [0.1, 0.15) is 27.9 Å². The van der Waals surface area contributed by atoms with Crippen LogP contribution >= 0.6 is 0 Å². The van der Waals surface area contributed by atoms with Gasteiger partial charge in [0.2, 0.25) is 5.95 Å². The lowest BCUT2D eigenvalue weighted by Gasteiger charge is -2.29. The minimum absolute atomic E-state index is 0.120. The normalized spacial score (nSPS) is 16.0. The minimum atomic E-state index is -4.54. The van der Waals surface area contributed by atoms with E-state index in [4.69, 9.17) is 5.73 Å². The number of hydrogen-bond donors (Lipinski definition) is 2. The number of anilines is 3. The van der Waals surface area contributed by atoms with Gasteiger partial charge in [-0.05, 0) is 86.1 Å². The van der Waals surface area contributed by atoms with E-state index in [2.05, 4.69) is 20.2 Å². The summed E-state index contributed by atoms with van der Waals surface area (Å²) in [6.07, 6.45) is -2.02. The average Bonchev–Trinajstić information content (AvgIpc) is 3.34. The van der Waals surface area contributed by atoms with Gasteiger partial charge < -0.3 is 20.9 Å². The van der Waals surface area contributed by atoms with Crippen LogP contribution in [0.25, 0.3) is 22.0 Å². The topological polar surface area (TPSA) is 87.4 Å². The number of alkyl halides is 3. The van der Waals surface area contributed by atoms with E-state index in [-0.39, 0.29) is 17.7 Å². The van der Waals surface area contributed by atoms with Crippen molar-refractivity contribution in [1.82, 2.24) is 14.9 Å². The maximum Gasteiger partial charge on any atom is 0.416 e. The molecular weight excluding hydrogens is 505 g/mol. The molecule has 39 heavy (non-hydrogen) atoms. The number of aryl methyl sites for hydroxylation is 1. The van der Waals surface area contributed by atoms with Gasteiger partial charge in [0.05, 0.1) is 22.5 Å². The zero-order valence-electron chi connectivity index (χ0n) is 21.9. The Labute approximate surface area is 224 Å². The van der Waals surface area contributed by atoms with Crippen LogP contribution in [0.15, 0.2) is 60.8 Å². The second-order valence-corrected chi connectivity index (χ2v) is 10.0. The maximum absolute atomic E-state index is 13.6. The summed E-state index contributed by atoms with van der Waals surface area (Å²) in [5.41, 5.74) is 9.16. The van der Waals surface area contributed by atoms with E-state index in [1.54, 1.807) is 18.3 Å². The largest absolute Gasteiger partial charge is 0.416 e. The monoisotopic (exact) mass is 534 g/mol. The zero-order valence-corrected chi connectivity index (χ0v) is 21.9. The highest BCUT2D eigenvalue weighted by atomic mass is 19.4. The molecule has 10 heteroatoms. The molecule has 0 spiro atoms. The van der Waals surface area contributed by atoms with Crippen LogP contribution in [-0.4, -0.2) is 54.0 Å². The molecule has 7 nitrogen and oxygen atoms in total. The van der Waals surface area contributed by atoms with Gasteiger partial charge in [0.25, 0.3) is 5.91 Å². The number of rotatable bonds is 5. The molecule has 4 aromatic rings. The van der Waals surface area contributed by atoms with Gasteiger partial charge in [-0.25, -0.2) is 9.97 Å². The molecule has 0 saturated carbocycles. The standard InChI is InChI=1S/C29H29F3N6O/c1-17-4-5-19(13-23(17)18-6-8-24-20(12-18)15-34-28(33)36-24)27(39)35-25-14-21(29(30,31)32)7-9-26(25)38(3)22-10-11-37(2)16-22/h4-9,12-15,22H,10-11,16H2,1-3H3,(H,35,39)(H2,33,34,36)/t22-/m0/s1. The van der Waals surface area contributed by atoms with Crippen molar-refractivity contribution in [3.8, 4) is 11.1 Å². The lowest BCUT2D eigenvalue weighted by atomic mass is 9.97. The van der Waals surface area contributed by atoms with Gasteiger partial charge in [-0.2, -0.15) is 13.2 Å². The van der Waals surface area contributed by atoms with Crippen molar-refractivity contribution in [3.05, 3.63) is 77.5 Å². The van der Waals surface area contributed by atoms with Crippen molar-refractivity contribution in [3.63, 3.8) is 0 Å². The van der Waals surface area contributed by atoms with Gasteiger partial charge in [0, 0.05) is 36.8 Å². The fraction of sp³-hybridized carbons (Fsp3) is 0.276. The van der Waals surface area contributed by atoms with Crippen molar-refractivity contribution in [2.45, 2.75) is 25.6 Å². The number of aromatic nitrogens is 2. The predicted octanol–water partition coefficient (Wildman–Crippen LogP) is 5.60.